The molecule has 0 aliphatic heterocycles. The first-order chi connectivity index (χ1) is 16.3. The lowest BCUT2D eigenvalue weighted by Gasteiger charge is -2.24. The van der Waals surface area contributed by atoms with Crippen molar-refractivity contribution in [3.8, 4) is 33.4 Å². The molecule has 3 aliphatic carbocycles. The van der Waals surface area contributed by atoms with Crippen molar-refractivity contribution < 1.29 is 0 Å². The van der Waals surface area contributed by atoms with Crippen molar-refractivity contribution in [3.05, 3.63) is 106 Å². The molecule has 0 amide bonds. The predicted octanol–water partition coefficient (Wildman–Crippen LogP) is 9.25. The molecule has 0 N–H and O–H groups in total. The van der Waals surface area contributed by atoms with Crippen LogP contribution < -0.4 is 0 Å². The van der Waals surface area contributed by atoms with E-state index in [0.717, 1.165) is 19.3 Å². The topological polar surface area (TPSA) is 0 Å². The van der Waals surface area contributed by atoms with Gasteiger partial charge in [0.25, 0.3) is 0 Å². The maximum absolute atomic E-state index is 2.39. The highest BCUT2D eigenvalue weighted by Gasteiger charge is 2.44. The number of rotatable bonds is 3. The van der Waals surface area contributed by atoms with Gasteiger partial charge in [0.2, 0.25) is 0 Å². The zero-order valence-electron chi connectivity index (χ0n) is 19.8. The van der Waals surface area contributed by atoms with Gasteiger partial charge in [-0.3, -0.25) is 0 Å². The minimum Gasteiger partial charge on any atom is -0.0645 e. The zero-order valence-corrected chi connectivity index (χ0v) is 19.8. The van der Waals surface area contributed by atoms with Crippen LogP contribution in [0.25, 0.3) is 33.4 Å². The van der Waals surface area contributed by atoms with Crippen LogP contribution in [0.15, 0.2) is 72.8 Å². The Hall–Kier alpha value is -3.12. The van der Waals surface area contributed by atoms with E-state index in [-0.39, 0.29) is 0 Å². The van der Waals surface area contributed by atoms with Crippen LogP contribution in [0.4, 0.5) is 0 Å². The summed E-state index contributed by atoms with van der Waals surface area (Å²) in [6.07, 6.45) is 3.45. The molecule has 4 aromatic rings. The molecule has 0 bridgehead atoms. The van der Waals surface area contributed by atoms with E-state index in [2.05, 4.69) is 93.6 Å². The molecule has 3 atom stereocenters. The summed E-state index contributed by atoms with van der Waals surface area (Å²) >= 11 is 0. The smallest absolute Gasteiger partial charge is 0.0105 e. The maximum atomic E-state index is 2.39. The molecular formula is C33H30. The van der Waals surface area contributed by atoms with E-state index in [1.807, 2.05) is 0 Å². The lowest BCUT2D eigenvalue weighted by atomic mass is 9.79. The van der Waals surface area contributed by atoms with Gasteiger partial charge in [-0.2, -0.15) is 0 Å². The summed E-state index contributed by atoms with van der Waals surface area (Å²) in [7, 11) is 0. The van der Waals surface area contributed by atoms with Crippen molar-refractivity contribution in [2.45, 2.75) is 57.8 Å². The van der Waals surface area contributed by atoms with Gasteiger partial charge in [0.05, 0.1) is 0 Å². The Bertz CT molecular complexity index is 1240. The highest BCUT2D eigenvalue weighted by molar-refractivity contribution is 6.02. The van der Waals surface area contributed by atoms with Gasteiger partial charge < -0.3 is 0 Å². The van der Waals surface area contributed by atoms with Gasteiger partial charge in [0.15, 0.2) is 0 Å². The third-order valence-corrected chi connectivity index (χ3v) is 8.70. The van der Waals surface area contributed by atoms with Gasteiger partial charge in [-0.15, -0.1) is 0 Å². The van der Waals surface area contributed by atoms with Crippen LogP contribution in [0.2, 0.25) is 0 Å². The standard InChI is InChI=1S/C33H30/c1-4-19-22-13-7-10-16-25(22)31-28(19)32-26-17-11-8-14-23(26)20(5-2)30(32)33-27-18-12-9-15-24(27)21(6-3)29(31)33/h7-21H,4-6H2,1-3H3/t19-,20-,21+/m0/s1. The van der Waals surface area contributed by atoms with Crippen molar-refractivity contribution in [1.82, 2.24) is 0 Å². The van der Waals surface area contributed by atoms with Gasteiger partial charge >= 0.3 is 0 Å². The third kappa shape index (κ3) is 2.27. The van der Waals surface area contributed by atoms with E-state index in [0.29, 0.717) is 17.8 Å². The van der Waals surface area contributed by atoms with Crippen LogP contribution in [-0.2, 0) is 0 Å². The van der Waals surface area contributed by atoms with Gasteiger partial charge in [0, 0.05) is 17.8 Å². The van der Waals surface area contributed by atoms with Crippen molar-refractivity contribution in [1.29, 1.82) is 0 Å². The summed E-state index contributed by atoms with van der Waals surface area (Å²) in [4.78, 5) is 0. The second-order valence-corrected chi connectivity index (χ2v) is 10.0. The van der Waals surface area contributed by atoms with E-state index >= 15 is 0 Å². The molecule has 0 radical (unpaired) electrons. The Morgan fingerprint density at radius 1 is 0.424 bits per heavy atom. The molecule has 0 saturated heterocycles. The average molecular weight is 427 g/mol. The fourth-order valence-electron chi connectivity index (χ4n) is 7.55. The summed E-state index contributed by atoms with van der Waals surface area (Å²) < 4.78 is 0. The van der Waals surface area contributed by atoms with Crippen LogP contribution in [0.1, 0.15) is 91.2 Å². The lowest BCUT2D eigenvalue weighted by Crippen LogP contribution is -2.05. The fraction of sp³-hybridized carbons (Fsp3) is 0.273. The zero-order chi connectivity index (χ0) is 22.3. The highest BCUT2D eigenvalue weighted by Crippen LogP contribution is 2.65. The first-order valence-corrected chi connectivity index (χ1v) is 12.8. The minimum atomic E-state index is 0.486. The third-order valence-electron chi connectivity index (χ3n) is 8.70. The van der Waals surface area contributed by atoms with Crippen LogP contribution in [-0.4, -0.2) is 0 Å². The Labute approximate surface area is 197 Å². The molecule has 0 nitrogen and oxygen atoms in total. The van der Waals surface area contributed by atoms with Crippen LogP contribution >= 0.6 is 0 Å². The molecule has 0 saturated carbocycles. The normalized spacial score (nSPS) is 20.6. The molecule has 0 spiro atoms. The molecular weight excluding hydrogens is 396 g/mol. The molecule has 3 aliphatic rings. The lowest BCUT2D eigenvalue weighted by molar-refractivity contribution is 0.774. The Morgan fingerprint density at radius 3 is 0.970 bits per heavy atom. The van der Waals surface area contributed by atoms with E-state index in [1.54, 1.807) is 33.4 Å². The Kier molecular flexibility index (Phi) is 4.07. The monoisotopic (exact) mass is 426 g/mol. The Morgan fingerprint density at radius 2 is 0.697 bits per heavy atom. The number of fused-ring (bicyclic) bond motifs is 12. The molecule has 33 heavy (non-hydrogen) atoms. The molecule has 0 fully saturated rings. The quantitative estimate of drug-likeness (QED) is 0.306. The molecule has 0 heterocycles. The average Bonchev–Trinajstić information content (AvgIpc) is 3.48. The minimum absolute atomic E-state index is 0.486. The van der Waals surface area contributed by atoms with E-state index in [1.165, 1.54) is 33.4 Å². The van der Waals surface area contributed by atoms with Gasteiger partial charge in [-0.25, -0.2) is 0 Å². The SMILES string of the molecule is CC[C@@H]1c2ccccc2-c2c1c1c(c3c2[C@@H](CC)c2ccccc2-3)[C@@H](CC)c2ccccc2-1. The van der Waals surface area contributed by atoms with Crippen LogP contribution in [0, 0.1) is 0 Å². The van der Waals surface area contributed by atoms with E-state index in [4.69, 9.17) is 0 Å². The largest absolute Gasteiger partial charge is 0.0645 e. The fourth-order valence-corrected chi connectivity index (χ4v) is 7.55. The summed E-state index contributed by atoms with van der Waals surface area (Å²) in [5.74, 6) is 1.46. The predicted molar refractivity (Wildman–Crippen MR) is 139 cm³/mol. The first-order valence-electron chi connectivity index (χ1n) is 12.8. The summed E-state index contributed by atoms with van der Waals surface area (Å²) in [5.41, 5.74) is 18.7. The van der Waals surface area contributed by atoms with Crippen LogP contribution in [0.3, 0.4) is 0 Å². The molecule has 0 aromatic heterocycles. The first kappa shape index (κ1) is 19.4. The van der Waals surface area contributed by atoms with Crippen molar-refractivity contribution in [2.24, 2.45) is 0 Å². The highest BCUT2D eigenvalue weighted by atomic mass is 14.5. The maximum Gasteiger partial charge on any atom is 0.0105 e. The van der Waals surface area contributed by atoms with Crippen molar-refractivity contribution in [2.75, 3.05) is 0 Å². The van der Waals surface area contributed by atoms with Gasteiger partial charge in [-0.05, 0) is 86.0 Å². The van der Waals surface area contributed by atoms with E-state index < -0.39 is 0 Å². The molecule has 7 rings (SSSR count). The van der Waals surface area contributed by atoms with E-state index in [9.17, 15) is 0 Å². The summed E-state index contributed by atoms with van der Waals surface area (Å²) in [5, 5.41) is 0. The number of hydrogen-bond acceptors (Lipinski definition) is 0. The Balaban J connectivity index is 1.72. The second kappa shape index (κ2) is 6.94. The molecule has 0 heteroatoms. The summed E-state index contributed by atoms with van der Waals surface area (Å²) in [6.45, 7) is 7.13. The van der Waals surface area contributed by atoms with Crippen molar-refractivity contribution in [3.63, 3.8) is 0 Å². The van der Waals surface area contributed by atoms with Crippen LogP contribution in [0.5, 0.6) is 0 Å². The number of benzene rings is 4. The second-order valence-electron chi connectivity index (χ2n) is 10.0. The molecule has 4 aromatic carbocycles. The van der Waals surface area contributed by atoms with Gasteiger partial charge in [0.1, 0.15) is 0 Å². The molecule has 0 unspecified atom stereocenters. The summed E-state index contributed by atoms with van der Waals surface area (Å²) in [6, 6.07) is 27.8. The van der Waals surface area contributed by atoms with Gasteiger partial charge in [-0.1, -0.05) is 93.6 Å². The molecule has 162 valence electrons. The number of hydrogen-bond donors (Lipinski definition) is 0. The van der Waals surface area contributed by atoms with Crippen molar-refractivity contribution >= 4 is 0 Å².